The number of hydrogen-bond acceptors (Lipinski definition) is 6. The van der Waals surface area contributed by atoms with Crippen molar-refractivity contribution in [3.05, 3.63) is 12.2 Å². The maximum Gasteiger partial charge on any atom is 0.333 e. The Hall–Kier alpha value is -1.40. The summed E-state index contributed by atoms with van der Waals surface area (Å²) in [6.07, 6.45) is 7.78. The van der Waals surface area contributed by atoms with Crippen LogP contribution in [0.1, 0.15) is 64.7 Å². The molecule has 5 aliphatic rings. The molecule has 5 aliphatic carbocycles. The topological polar surface area (TPSA) is 82.1 Å². The summed E-state index contributed by atoms with van der Waals surface area (Å²) in [5.74, 6) is 1.57. The first kappa shape index (κ1) is 20.9. The van der Waals surface area contributed by atoms with E-state index in [1.165, 1.54) is 12.8 Å². The first-order valence-electron chi connectivity index (χ1n) is 11.2. The molecule has 0 aromatic heterocycles. The molecule has 0 radical (unpaired) electrons. The van der Waals surface area contributed by atoms with Crippen LogP contribution in [0.3, 0.4) is 0 Å². The molecule has 0 saturated heterocycles. The van der Waals surface area contributed by atoms with Gasteiger partial charge in [0.15, 0.2) is 6.79 Å². The van der Waals surface area contributed by atoms with E-state index in [0.717, 1.165) is 19.3 Å². The quantitative estimate of drug-likeness (QED) is 0.302. The van der Waals surface area contributed by atoms with Crippen molar-refractivity contribution in [3.8, 4) is 0 Å². The van der Waals surface area contributed by atoms with Gasteiger partial charge in [-0.3, -0.25) is 4.79 Å². The Morgan fingerprint density at radius 1 is 1.07 bits per heavy atom. The highest BCUT2D eigenvalue weighted by Crippen LogP contribution is 2.58. The average molecular weight is 407 g/mol. The largest absolute Gasteiger partial charge is 0.459 e. The molecular formula is C23H34O6. The molecule has 162 valence electrons. The monoisotopic (exact) mass is 406 g/mol. The summed E-state index contributed by atoms with van der Waals surface area (Å²) >= 11 is 0. The van der Waals surface area contributed by atoms with Crippen molar-refractivity contribution in [2.24, 2.45) is 29.6 Å². The van der Waals surface area contributed by atoms with Gasteiger partial charge in [-0.25, -0.2) is 4.79 Å². The lowest BCUT2D eigenvalue weighted by Crippen LogP contribution is -2.55. The van der Waals surface area contributed by atoms with Gasteiger partial charge in [-0.2, -0.15) is 0 Å². The molecular weight excluding hydrogens is 372 g/mol. The van der Waals surface area contributed by atoms with E-state index in [1.54, 1.807) is 6.92 Å². The van der Waals surface area contributed by atoms with Crippen LogP contribution < -0.4 is 0 Å². The minimum absolute atomic E-state index is 0.00699. The summed E-state index contributed by atoms with van der Waals surface area (Å²) in [5, 5.41) is 10.7. The van der Waals surface area contributed by atoms with Gasteiger partial charge in [0, 0.05) is 5.57 Å². The van der Waals surface area contributed by atoms with Crippen molar-refractivity contribution in [2.75, 3.05) is 13.4 Å². The molecule has 6 nitrogen and oxygen atoms in total. The summed E-state index contributed by atoms with van der Waals surface area (Å²) in [6.45, 7) is 5.85. The van der Waals surface area contributed by atoms with E-state index in [9.17, 15) is 14.7 Å². The molecule has 0 amide bonds. The normalized spacial score (nSPS) is 40.5. The third-order valence-corrected chi connectivity index (χ3v) is 7.66. The molecule has 5 rings (SSSR count). The molecule has 0 aromatic rings. The minimum atomic E-state index is -0.420. The zero-order chi connectivity index (χ0) is 20.6. The summed E-state index contributed by atoms with van der Waals surface area (Å²) < 4.78 is 16.5. The maximum absolute atomic E-state index is 12.3. The maximum atomic E-state index is 12.3. The van der Waals surface area contributed by atoms with Crippen LogP contribution in [-0.4, -0.2) is 42.1 Å². The summed E-state index contributed by atoms with van der Waals surface area (Å²) in [7, 11) is 0. The van der Waals surface area contributed by atoms with Crippen LogP contribution in [0.5, 0.6) is 0 Å². The molecule has 2 atom stereocenters. The predicted molar refractivity (Wildman–Crippen MR) is 106 cm³/mol. The van der Waals surface area contributed by atoms with Crippen LogP contribution in [-0.2, 0) is 23.8 Å². The Morgan fingerprint density at radius 3 is 2.31 bits per heavy atom. The Labute approximate surface area is 173 Å². The van der Waals surface area contributed by atoms with Gasteiger partial charge in [-0.15, -0.1) is 0 Å². The third kappa shape index (κ3) is 4.69. The molecule has 1 N–H and O–H groups in total. The Balaban J connectivity index is 1.14. The first-order valence-corrected chi connectivity index (χ1v) is 11.2. The number of carbonyl (C=O) groups excluding carboxylic acids is 2. The van der Waals surface area contributed by atoms with Crippen LogP contribution >= 0.6 is 0 Å². The molecule has 0 aromatic carbocycles. The number of hydrogen-bond donors (Lipinski definition) is 1. The van der Waals surface area contributed by atoms with E-state index < -0.39 is 5.60 Å². The van der Waals surface area contributed by atoms with Crippen molar-refractivity contribution in [1.82, 2.24) is 0 Å². The zero-order valence-electron chi connectivity index (χ0n) is 17.4. The Bertz CT molecular complexity index is 634. The van der Waals surface area contributed by atoms with Crippen LogP contribution in [0.25, 0.3) is 0 Å². The number of rotatable bonds is 7. The zero-order valence-corrected chi connectivity index (χ0v) is 17.4. The third-order valence-electron chi connectivity index (χ3n) is 7.66. The lowest BCUT2D eigenvalue weighted by Gasteiger charge is -2.58. The highest BCUT2D eigenvalue weighted by Gasteiger charge is 2.54. The first-order chi connectivity index (χ1) is 13.8. The van der Waals surface area contributed by atoms with E-state index in [4.69, 9.17) is 14.2 Å². The van der Waals surface area contributed by atoms with Crippen LogP contribution in [0.2, 0.25) is 0 Å². The van der Waals surface area contributed by atoms with Gasteiger partial charge in [-0.05, 0) is 88.4 Å². The van der Waals surface area contributed by atoms with Gasteiger partial charge >= 0.3 is 11.9 Å². The highest BCUT2D eigenvalue weighted by molar-refractivity contribution is 5.87. The van der Waals surface area contributed by atoms with Gasteiger partial charge in [0.25, 0.3) is 0 Å². The fourth-order valence-corrected chi connectivity index (χ4v) is 6.43. The second-order valence-corrected chi connectivity index (χ2v) is 9.97. The molecule has 0 heterocycles. The lowest BCUT2D eigenvalue weighted by atomic mass is 9.50. The SMILES string of the molecule is C=C(C)C(=O)OC1CCC(C(=O)OCOCC2C3CC4CC2CC(O)(C4)C3)CC1. The number of ether oxygens (including phenoxy) is 3. The molecule has 0 spiro atoms. The fraction of sp³-hybridized carbons (Fsp3) is 0.826. The van der Waals surface area contributed by atoms with E-state index in [0.29, 0.717) is 61.5 Å². The molecule has 2 unspecified atom stereocenters. The second kappa shape index (κ2) is 8.38. The molecule has 29 heavy (non-hydrogen) atoms. The van der Waals surface area contributed by atoms with Gasteiger partial charge in [0.05, 0.1) is 18.1 Å². The highest BCUT2D eigenvalue weighted by atomic mass is 16.7. The van der Waals surface area contributed by atoms with Gasteiger partial charge in [0.1, 0.15) is 6.10 Å². The van der Waals surface area contributed by atoms with Crippen LogP contribution in [0, 0.1) is 29.6 Å². The Morgan fingerprint density at radius 2 is 1.72 bits per heavy atom. The second-order valence-electron chi connectivity index (χ2n) is 9.97. The summed E-state index contributed by atoms with van der Waals surface area (Å²) in [6, 6.07) is 0. The van der Waals surface area contributed by atoms with Crippen molar-refractivity contribution in [2.45, 2.75) is 76.4 Å². The van der Waals surface area contributed by atoms with E-state index in [1.807, 2.05) is 0 Å². The van der Waals surface area contributed by atoms with E-state index >= 15 is 0 Å². The van der Waals surface area contributed by atoms with Crippen molar-refractivity contribution in [3.63, 3.8) is 0 Å². The number of aliphatic hydroxyl groups is 1. The number of carbonyl (C=O) groups is 2. The van der Waals surface area contributed by atoms with Crippen LogP contribution in [0.15, 0.2) is 12.2 Å². The molecule has 5 fully saturated rings. The lowest BCUT2D eigenvalue weighted by molar-refractivity contribution is -0.180. The molecule has 4 bridgehead atoms. The average Bonchev–Trinajstić information content (AvgIpc) is 2.65. The summed E-state index contributed by atoms with van der Waals surface area (Å²) in [5.41, 5.74) is -0.0197. The smallest absolute Gasteiger partial charge is 0.333 e. The van der Waals surface area contributed by atoms with Crippen molar-refractivity contribution >= 4 is 11.9 Å². The van der Waals surface area contributed by atoms with Crippen LogP contribution in [0.4, 0.5) is 0 Å². The number of esters is 2. The molecule has 6 heteroatoms. The van der Waals surface area contributed by atoms with Gasteiger partial charge in [0.2, 0.25) is 0 Å². The predicted octanol–water partition coefficient (Wildman–Crippen LogP) is 3.37. The van der Waals surface area contributed by atoms with E-state index in [2.05, 4.69) is 6.58 Å². The molecule has 0 aliphatic heterocycles. The fourth-order valence-electron chi connectivity index (χ4n) is 6.43. The van der Waals surface area contributed by atoms with E-state index in [-0.39, 0.29) is 30.8 Å². The summed E-state index contributed by atoms with van der Waals surface area (Å²) in [4.78, 5) is 23.9. The van der Waals surface area contributed by atoms with Gasteiger partial charge in [-0.1, -0.05) is 6.58 Å². The standard InChI is InChI=1S/C23H34O6/c1-14(2)21(24)29-19-5-3-16(4-6-19)22(25)28-13-27-12-20-17-7-15-8-18(20)11-23(26,9-15)10-17/h15-20,26H,1,3-13H2,2H3. The molecule has 5 saturated carbocycles. The van der Waals surface area contributed by atoms with Gasteiger partial charge < -0.3 is 19.3 Å². The minimum Gasteiger partial charge on any atom is -0.459 e. The van der Waals surface area contributed by atoms with Crippen molar-refractivity contribution < 1.29 is 28.9 Å². The Kier molecular flexibility index (Phi) is 6.03. The van der Waals surface area contributed by atoms with Crippen molar-refractivity contribution in [1.29, 1.82) is 0 Å².